The van der Waals surface area contributed by atoms with E-state index in [1.807, 2.05) is 0 Å². The number of H-pyrrole nitrogens is 1. The first-order chi connectivity index (χ1) is 10.6. The summed E-state index contributed by atoms with van der Waals surface area (Å²) in [5.74, 6) is 1.95. The van der Waals surface area contributed by atoms with Crippen LogP contribution in [-0.4, -0.2) is 57.3 Å². The van der Waals surface area contributed by atoms with Crippen molar-refractivity contribution in [2.75, 3.05) is 36.5 Å². The Morgan fingerprint density at radius 3 is 2.91 bits per heavy atom. The first-order valence-electron chi connectivity index (χ1n) is 7.41. The smallest absolute Gasteiger partial charge is 0.235 e. The van der Waals surface area contributed by atoms with Crippen molar-refractivity contribution in [2.45, 2.75) is 13.8 Å². The van der Waals surface area contributed by atoms with Crippen molar-refractivity contribution in [3.63, 3.8) is 0 Å². The second-order valence-electron chi connectivity index (χ2n) is 4.93. The minimum absolute atomic E-state index is 0.0639. The van der Waals surface area contributed by atoms with Gasteiger partial charge in [0, 0.05) is 23.8 Å². The van der Waals surface area contributed by atoms with Gasteiger partial charge in [0.15, 0.2) is 5.82 Å². The lowest BCUT2D eigenvalue weighted by atomic mass is 10.2. The lowest BCUT2D eigenvalue weighted by Gasteiger charge is -2.17. The Labute approximate surface area is 134 Å². The standard InChI is InChI=1S/C15H22N4O2S/c1-3-19(4-2)7-8-22-10-14(21)16-15-12-6-5-11(20)9-13(12)17-18-15/h5-6,9,20H,3-4,7-8,10H2,1-2H3,(H2,16,17,18,21). The normalized spacial score (nSPS) is 11.2. The molecule has 0 atom stereocenters. The molecule has 6 nitrogen and oxygen atoms in total. The molecule has 0 bridgehead atoms. The van der Waals surface area contributed by atoms with Gasteiger partial charge in [0.2, 0.25) is 5.91 Å². The van der Waals surface area contributed by atoms with Gasteiger partial charge in [0.05, 0.1) is 11.3 Å². The number of thioether (sulfide) groups is 1. The molecule has 22 heavy (non-hydrogen) atoms. The molecule has 0 saturated carbocycles. The van der Waals surface area contributed by atoms with E-state index in [0.29, 0.717) is 17.1 Å². The van der Waals surface area contributed by atoms with Crippen LogP contribution >= 0.6 is 11.8 Å². The minimum Gasteiger partial charge on any atom is -0.508 e. The summed E-state index contributed by atoms with van der Waals surface area (Å²) in [7, 11) is 0. The van der Waals surface area contributed by atoms with Gasteiger partial charge in [-0.15, -0.1) is 0 Å². The molecule has 1 heterocycles. The number of nitrogens with zero attached hydrogens (tertiary/aromatic N) is 2. The molecule has 0 fully saturated rings. The van der Waals surface area contributed by atoms with Gasteiger partial charge in [-0.2, -0.15) is 16.9 Å². The van der Waals surface area contributed by atoms with E-state index in [2.05, 4.69) is 34.3 Å². The molecule has 0 radical (unpaired) electrons. The molecule has 0 aliphatic rings. The number of phenols is 1. The Balaban J connectivity index is 1.81. The van der Waals surface area contributed by atoms with Crippen molar-refractivity contribution < 1.29 is 9.90 Å². The Morgan fingerprint density at radius 1 is 1.41 bits per heavy atom. The average molecular weight is 322 g/mol. The average Bonchev–Trinajstić information content (AvgIpc) is 2.89. The number of nitrogens with one attached hydrogen (secondary N) is 2. The van der Waals surface area contributed by atoms with Crippen molar-refractivity contribution in [1.29, 1.82) is 0 Å². The fraction of sp³-hybridized carbons (Fsp3) is 0.467. The van der Waals surface area contributed by atoms with Crippen LogP contribution in [0.3, 0.4) is 0 Å². The molecule has 2 aromatic rings. The fourth-order valence-corrected chi connectivity index (χ4v) is 2.96. The van der Waals surface area contributed by atoms with Crippen LogP contribution in [-0.2, 0) is 4.79 Å². The van der Waals surface area contributed by atoms with Crippen LogP contribution in [0.2, 0.25) is 0 Å². The monoisotopic (exact) mass is 322 g/mol. The highest BCUT2D eigenvalue weighted by Crippen LogP contribution is 2.24. The molecule has 1 aromatic heterocycles. The zero-order valence-electron chi connectivity index (χ0n) is 12.9. The maximum absolute atomic E-state index is 12.0. The first kappa shape index (κ1) is 16.6. The molecule has 0 aliphatic carbocycles. The van der Waals surface area contributed by atoms with E-state index in [-0.39, 0.29) is 11.7 Å². The molecule has 7 heteroatoms. The third-order valence-corrected chi connectivity index (χ3v) is 4.42. The van der Waals surface area contributed by atoms with Gasteiger partial charge in [-0.25, -0.2) is 0 Å². The fourth-order valence-electron chi connectivity index (χ4n) is 2.17. The molecule has 0 aliphatic heterocycles. The summed E-state index contributed by atoms with van der Waals surface area (Å²) in [5.41, 5.74) is 0.699. The molecular formula is C15H22N4O2S. The summed E-state index contributed by atoms with van der Waals surface area (Å²) in [6, 6.07) is 4.89. The number of carbonyl (C=O) groups excluding carboxylic acids is 1. The quantitative estimate of drug-likeness (QED) is 0.650. The van der Waals surface area contributed by atoms with Crippen molar-refractivity contribution >= 4 is 34.4 Å². The van der Waals surface area contributed by atoms with Gasteiger partial charge in [-0.3, -0.25) is 9.89 Å². The maximum atomic E-state index is 12.0. The minimum atomic E-state index is -0.0639. The van der Waals surface area contributed by atoms with Crippen LogP contribution in [0.5, 0.6) is 5.75 Å². The van der Waals surface area contributed by atoms with Gasteiger partial charge >= 0.3 is 0 Å². The van der Waals surface area contributed by atoms with Gasteiger partial charge < -0.3 is 15.3 Å². The SMILES string of the molecule is CCN(CC)CCSCC(=O)Nc1n[nH]c2cc(O)ccc12. The number of aromatic nitrogens is 2. The maximum Gasteiger partial charge on any atom is 0.235 e. The van der Waals surface area contributed by atoms with Gasteiger partial charge in [0.25, 0.3) is 0 Å². The number of carbonyl (C=O) groups is 1. The first-order valence-corrected chi connectivity index (χ1v) is 8.56. The Hall–Kier alpha value is -1.73. The topological polar surface area (TPSA) is 81.2 Å². The van der Waals surface area contributed by atoms with E-state index in [9.17, 15) is 9.90 Å². The number of rotatable bonds is 8. The van der Waals surface area contributed by atoms with Crippen LogP contribution in [0.1, 0.15) is 13.8 Å². The second kappa shape index (κ2) is 8.05. The Bertz CT molecular complexity index is 625. The number of anilines is 1. The molecule has 3 N–H and O–H groups in total. The highest BCUT2D eigenvalue weighted by molar-refractivity contribution is 7.99. The molecule has 1 aromatic carbocycles. The van der Waals surface area contributed by atoms with E-state index < -0.39 is 0 Å². The largest absolute Gasteiger partial charge is 0.508 e. The molecule has 2 rings (SSSR count). The number of hydrogen-bond acceptors (Lipinski definition) is 5. The molecule has 0 saturated heterocycles. The van der Waals surface area contributed by atoms with E-state index in [0.717, 1.165) is 30.8 Å². The summed E-state index contributed by atoms with van der Waals surface area (Å²) < 4.78 is 0. The van der Waals surface area contributed by atoms with E-state index >= 15 is 0 Å². The molecular weight excluding hydrogens is 300 g/mol. The molecule has 0 unspecified atom stereocenters. The number of amides is 1. The summed E-state index contributed by atoms with van der Waals surface area (Å²) in [4.78, 5) is 14.3. The predicted octanol–water partition coefficient (Wildman–Crippen LogP) is 2.28. The Morgan fingerprint density at radius 2 is 2.18 bits per heavy atom. The van der Waals surface area contributed by atoms with Crippen LogP contribution in [0.4, 0.5) is 5.82 Å². The lowest BCUT2D eigenvalue weighted by molar-refractivity contribution is -0.113. The van der Waals surface area contributed by atoms with Crippen molar-refractivity contribution in [1.82, 2.24) is 15.1 Å². The third kappa shape index (κ3) is 4.38. The van der Waals surface area contributed by atoms with Crippen LogP contribution in [0, 0.1) is 0 Å². The molecule has 120 valence electrons. The number of benzene rings is 1. The van der Waals surface area contributed by atoms with Crippen molar-refractivity contribution in [3.8, 4) is 5.75 Å². The van der Waals surface area contributed by atoms with Gasteiger partial charge in [-0.1, -0.05) is 13.8 Å². The number of aromatic amines is 1. The Kier molecular flexibility index (Phi) is 6.09. The summed E-state index contributed by atoms with van der Waals surface area (Å²) in [6.07, 6.45) is 0. The number of fused-ring (bicyclic) bond motifs is 1. The highest BCUT2D eigenvalue weighted by Gasteiger charge is 2.10. The van der Waals surface area contributed by atoms with E-state index in [4.69, 9.17) is 0 Å². The van der Waals surface area contributed by atoms with Crippen molar-refractivity contribution in [3.05, 3.63) is 18.2 Å². The van der Waals surface area contributed by atoms with Crippen molar-refractivity contribution in [2.24, 2.45) is 0 Å². The third-order valence-electron chi connectivity index (χ3n) is 3.48. The highest BCUT2D eigenvalue weighted by atomic mass is 32.2. The predicted molar refractivity (Wildman–Crippen MR) is 91.5 cm³/mol. The van der Waals surface area contributed by atoms with Crippen LogP contribution < -0.4 is 5.32 Å². The molecule has 1 amide bonds. The van der Waals surface area contributed by atoms with Gasteiger partial charge in [0.1, 0.15) is 5.75 Å². The number of phenolic OH excluding ortho intramolecular Hbond substituents is 1. The summed E-state index contributed by atoms with van der Waals surface area (Å²) in [6.45, 7) is 7.35. The van der Waals surface area contributed by atoms with Gasteiger partial charge in [-0.05, 0) is 25.2 Å². The molecule has 0 spiro atoms. The zero-order chi connectivity index (χ0) is 15.9. The van der Waals surface area contributed by atoms with Crippen LogP contribution in [0.15, 0.2) is 18.2 Å². The zero-order valence-corrected chi connectivity index (χ0v) is 13.7. The van der Waals surface area contributed by atoms with E-state index in [1.165, 1.54) is 0 Å². The summed E-state index contributed by atoms with van der Waals surface area (Å²) in [5, 5.41) is 19.9. The number of hydrogen-bond donors (Lipinski definition) is 3. The lowest BCUT2D eigenvalue weighted by Crippen LogP contribution is -2.26. The van der Waals surface area contributed by atoms with E-state index in [1.54, 1.807) is 30.0 Å². The number of aromatic hydroxyl groups is 1. The second-order valence-corrected chi connectivity index (χ2v) is 6.03. The van der Waals surface area contributed by atoms with Crippen LogP contribution in [0.25, 0.3) is 10.9 Å². The summed E-state index contributed by atoms with van der Waals surface area (Å²) >= 11 is 1.62.